The largest absolute Gasteiger partial charge is 0.490 e. The van der Waals surface area contributed by atoms with Crippen molar-refractivity contribution in [2.24, 2.45) is 0 Å². The molecule has 3 rings (SSSR count). The SMILES string of the molecule is CN(Cc1cnc2nc(N)nc(N)c2n1)c1ccc(C(=O)N[C@@H](CCC(=O)N[C@@H](CCC(=O)O)COO)C(=O)O)cc1.O=C(O)C(F)(F)F. The van der Waals surface area contributed by atoms with Gasteiger partial charge in [-0.1, -0.05) is 0 Å². The molecule has 2 amide bonds. The summed E-state index contributed by atoms with van der Waals surface area (Å²) >= 11 is 0. The standard InChI is InChI=1S/C25H31N9O8.C2HF3O2/c1-34(11-15-10-28-22-20(30-15)21(26)32-25(27)33-22)16-5-2-13(3-6-16)23(38)31-17(24(39)40)7-8-18(35)29-14(12-42-41)4-9-19(36)37;3-2(4,5)1(6)7/h2-3,5-6,10,14,17,41H,4,7-9,11-12H2,1H3,(H,29,35)(H,31,38)(H,36,37)(H,39,40)(H4,26,27,28,32,33);(H,6,7)/t14-,17-;/m0./s1. The fourth-order valence-electron chi connectivity index (χ4n) is 3.92. The zero-order chi connectivity index (χ0) is 36.9. The van der Waals surface area contributed by atoms with Crippen LogP contribution in [0.2, 0.25) is 0 Å². The average Bonchev–Trinajstić information content (AvgIpc) is 3.01. The molecular weight excluding hydrogens is 667 g/mol. The van der Waals surface area contributed by atoms with Gasteiger partial charge < -0.3 is 42.3 Å². The number of hydrogen-bond donors (Lipinski definition) is 8. The second kappa shape index (κ2) is 17.9. The lowest BCUT2D eigenvalue weighted by atomic mass is 10.1. The lowest BCUT2D eigenvalue weighted by Gasteiger charge is -2.20. The van der Waals surface area contributed by atoms with E-state index in [1.54, 1.807) is 19.2 Å². The lowest BCUT2D eigenvalue weighted by molar-refractivity contribution is -0.246. The number of carboxylic acid groups (broad SMARTS) is 3. The van der Waals surface area contributed by atoms with Crippen molar-refractivity contribution in [1.29, 1.82) is 0 Å². The van der Waals surface area contributed by atoms with E-state index in [0.717, 1.165) is 5.69 Å². The van der Waals surface area contributed by atoms with Crippen LogP contribution in [-0.4, -0.2) is 102 Å². The predicted octanol–water partition coefficient (Wildman–Crippen LogP) is 0.656. The van der Waals surface area contributed by atoms with Gasteiger partial charge in [0.15, 0.2) is 17.0 Å². The van der Waals surface area contributed by atoms with Crippen molar-refractivity contribution in [3.63, 3.8) is 0 Å². The van der Waals surface area contributed by atoms with E-state index in [1.165, 1.54) is 18.3 Å². The molecule has 0 fully saturated rings. The van der Waals surface area contributed by atoms with Crippen LogP contribution >= 0.6 is 0 Å². The first-order valence-electron chi connectivity index (χ1n) is 13.9. The molecule has 0 saturated carbocycles. The average molecular weight is 700 g/mol. The second-order valence-electron chi connectivity index (χ2n) is 10.1. The Hall–Kier alpha value is -5.90. The van der Waals surface area contributed by atoms with Crippen molar-refractivity contribution in [1.82, 2.24) is 30.6 Å². The number of nitrogens with two attached hydrogens (primary N) is 2. The number of nitrogen functional groups attached to an aromatic ring is 2. The smallest absolute Gasteiger partial charge is 0.481 e. The van der Waals surface area contributed by atoms with E-state index < -0.39 is 48.0 Å². The number of aliphatic carboxylic acids is 3. The minimum atomic E-state index is -5.08. The van der Waals surface area contributed by atoms with E-state index in [0.29, 0.717) is 17.8 Å². The van der Waals surface area contributed by atoms with Gasteiger partial charge in [0.05, 0.1) is 24.5 Å². The van der Waals surface area contributed by atoms with E-state index >= 15 is 0 Å². The number of rotatable bonds is 15. The molecule has 2 atom stereocenters. The van der Waals surface area contributed by atoms with E-state index in [-0.39, 0.29) is 55.3 Å². The highest BCUT2D eigenvalue weighted by molar-refractivity contribution is 5.97. The molecule has 266 valence electrons. The summed E-state index contributed by atoms with van der Waals surface area (Å²) in [6, 6.07) is 4.24. The number of halogens is 3. The monoisotopic (exact) mass is 699 g/mol. The number of fused-ring (bicyclic) bond motifs is 1. The fourth-order valence-corrected chi connectivity index (χ4v) is 3.92. The van der Waals surface area contributed by atoms with Crippen molar-refractivity contribution >= 4 is 58.3 Å². The van der Waals surface area contributed by atoms with Gasteiger partial charge in [0.1, 0.15) is 12.6 Å². The summed E-state index contributed by atoms with van der Waals surface area (Å²) in [4.78, 5) is 78.7. The molecule has 19 nitrogen and oxygen atoms in total. The van der Waals surface area contributed by atoms with Crippen LogP contribution in [0.25, 0.3) is 11.2 Å². The number of nitrogens with zero attached hydrogens (tertiary/aromatic N) is 5. The maximum Gasteiger partial charge on any atom is 0.490 e. The molecule has 49 heavy (non-hydrogen) atoms. The van der Waals surface area contributed by atoms with Crippen molar-refractivity contribution in [2.75, 3.05) is 30.0 Å². The summed E-state index contributed by atoms with van der Waals surface area (Å²) in [5.74, 6) is -6.32. The first-order valence-corrected chi connectivity index (χ1v) is 13.9. The number of alkyl halides is 3. The molecule has 0 radical (unpaired) electrons. The van der Waals surface area contributed by atoms with Gasteiger partial charge in [-0.2, -0.15) is 23.1 Å². The maximum absolute atomic E-state index is 12.7. The summed E-state index contributed by atoms with van der Waals surface area (Å²) in [6.45, 7) is 0.00114. The minimum Gasteiger partial charge on any atom is -0.481 e. The highest BCUT2D eigenvalue weighted by Gasteiger charge is 2.38. The van der Waals surface area contributed by atoms with E-state index in [1.807, 2.05) is 4.90 Å². The van der Waals surface area contributed by atoms with Gasteiger partial charge in [0.2, 0.25) is 11.9 Å². The van der Waals surface area contributed by atoms with E-state index in [2.05, 4.69) is 35.5 Å². The molecule has 1 aromatic carbocycles. The molecular formula is C27H32F3N9O10. The van der Waals surface area contributed by atoms with Crippen LogP contribution in [0.15, 0.2) is 30.5 Å². The Morgan fingerprint density at radius 2 is 1.59 bits per heavy atom. The molecule has 2 aromatic heterocycles. The molecule has 0 bridgehead atoms. The lowest BCUT2D eigenvalue weighted by Crippen LogP contribution is -2.43. The van der Waals surface area contributed by atoms with Gasteiger partial charge in [-0.05, 0) is 37.1 Å². The van der Waals surface area contributed by atoms with Crippen molar-refractivity contribution in [3.8, 4) is 0 Å². The third-order valence-electron chi connectivity index (χ3n) is 6.32. The van der Waals surface area contributed by atoms with Crippen LogP contribution in [0.3, 0.4) is 0 Å². The molecule has 2 heterocycles. The van der Waals surface area contributed by atoms with Crippen molar-refractivity contribution < 1.29 is 62.6 Å². The van der Waals surface area contributed by atoms with Crippen LogP contribution in [-0.2, 0) is 30.6 Å². The Labute approximate surface area is 274 Å². The normalized spacial score (nSPS) is 12.2. The van der Waals surface area contributed by atoms with E-state index in [9.17, 15) is 37.5 Å². The molecule has 3 aromatic rings. The van der Waals surface area contributed by atoms with Crippen LogP contribution in [0.5, 0.6) is 0 Å². The Kier molecular flexibility index (Phi) is 14.3. The van der Waals surface area contributed by atoms with Crippen molar-refractivity contribution in [3.05, 3.63) is 41.7 Å². The molecule has 0 aliphatic rings. The molecule has 0 unspecified atom stereocenters. The highest BCUT2D eigenvalue weighted by Crippen LogP contribution is 2.19. The van der Waals surface area contributed by atoms with Crippen LogP contribution in [0.4, 0.5) is 30.6 Å². The van der Waals surface area contributed by atoms with Gasteiger partial charge in [-0.15, -0.1) is 0 Å². The minimum absolute atomic E-state index is 0.000711. The first-order chi connectivity index (χ1) is 22.9. The number of benzene rings is 1. The Morgan fingerprint density at radius 3 is 2.14 bits per heavy atom. The van der Waals surface area contributed by atoms with E-state index in [4.69, 9.17) is 31.7 Å². The van der Waals surface area contributed by atoms with Crippen LogP contribution < -0.4 is 27.0 Å². The molecule has 0 aliphatic carbocycles. The highest BCUT2D eigenvalue weighted by atomic mass is 19.4. The number of anilines is 3. The van der Waals surface area contributed by atoms with Crippen LogP contribution in [0, 0.1) is 0 Å². The number of carboxylic acids is 3. The van der Waals surface area contributed by atoms with Gasteiger partial charge in [-0.25, -0.2) is 24.4 Å². The van der Waals surface area contributed by atoms with Crippen LogP contribution in [0.1, 0.15) is 41.7 Å². The number of nitrogens with one attached hydrogen (secondary N) is 2. The summed E-state index contributed by atoms with van der Waals surface area (Å²) in [7, 11) is 1.80. The number of hydrogen-bond acceptors (Lipinski definition) is 14. The number of carbonyl (C=O) groups is 5. The molecule has 0 aliphatic heterocycles. The molecule has 0 spiro atoms. The van der Waals surface area contributed by atoms with Crippen molar-refractivity contribution in [2.45, 2.75) is 50.5 Å². The molecule has 10 N–H and O–H groups in total. The zero-order valence-corrected chi connectivity index (χ0v) is 25.5. The number of carbonyl (C=O) groups excluding carboxylic acids is 2. The molecule has 22 heteroatoms. The molecule has 0 saturated heterocycles. The Bertz CT molecular complexity index is 1640. The predicted molar refractivity (Wildman–Crippen MR) is 162 cm³/mol. The summed E-state index contributed by atoms with van der Waals surface area (Å²) < 4.78 is 31.7. The second-order valence-corrected chi connectivity index (χ2v) is 10.1. The summed E-state index contributed by atoms with van der Waals surface area (Å²) in [5.41, 5.74) is 13.6. The number of aromatic nitrogens is 4. The van der Waals surface area contributed by atoms with Gasteiger partial charge in [0, 0.05) is 31.1 Å². The van der Waals surface area contributed by atoms with Gasteiger partial charge in [0.25, 0.3) is 5.91 Å². The number of amides is 2. The quantitative estimate of drug-likeness (QED) is 0.0797. The topological polar surface area (TPSA) is 306 Å². The van der Waals surface area contributed by atoms with Gasteiger partial charge >= 0.3 is 24.1 Å². The fraction of sp³-hybridized carbons (Fsp3) is 0.370. The first kappa shape index (κ1) is 39.3. The Balaban J connectivity index is 0.00000107. The zero-order valence-electron chi connectivity index (χ0n) is 25.5. The maximum atomic E-state index is 12.7. The summed E-state index contributed by atoms with van der Waals surface area (Å²) in [5, 5.41) is 39.0. The van der Waals surface area contributed by atoms with Gasteiger partial charge in [-0.3, -0.25) is 19.6 Å². The third-order valence-corrected chi connectivity index (χ3v) is 6.32. The third kappa shape index (κ3) is 13.0. The summed E-state index contributed by atoms with van der Waals surface area (Å²) in [6.07, 6.45) is -4.32. The Morgan fingerprint density at radius 1 is 0.959 bits per heavy atom.